The van der Waals surface area contributed by atoms with E-state index in [2.05, 4.69) is 195 Å². The van der Waals surface area contributed by atoms with Gasteiger partial charge in [-0.05, 0) is 124 Å². The van der Waals surface area contributed by atoms with Gasteiger partial charge in [-0.2, -0.15) is 0 Å². The molecule has 0 saturated heterocycles. The van der Waals surface area contributed by atoms with Gasteiger partial charge in [0.1, 0.15) is 0 Å². The molecule has 0 amide bonds. The van der Waals surface area contributed by atoms with Crippen LogP contribution in [0.15, 0.2) is 163 Å². The lowest BCUT2D eigenvalue weighted by molar-refractivity contribution is 0.601. The van der Waals surface area contributed by atoms with Gasteiger partial charge in [0.2, 0.25) is 0 Å². The Labute approximate surface area is 296 Å². The van der Waals surface area contributed by atoms with Crippen LogP contribution in [-0.2, 0) is 10.8 Å². The quantitative estimate of drug-likeness (QED) is 0.178. The molecule has 0 bridgehead atoms. The minimum atomic E-state index is -0.180. The molecule has 0 saturated carbocycles. The van der Waals surface area contributed by atoms with Crippen molar-refractivity contribution < 1.29 is 0 Å². The Morgan fingerprint density at radius 1 is 0.420 bits per heavy atom. The third kappa shape index (κ3) is 4.62. The van der Waals surface area contributed by atoms with Gasteiger partial charge in [-0.3, -0.25) is 0 Å². The first-order valence-corrected chi connectivity index (χ1v) is 17.9. The lowest BCUT2D eigenvalue weighted by Gasteiger charge is -2.32. The summed E-state index contributed by atoms with van der Waals surface area (Å²) in [6.07, 6.45) is 9.11. The van der Waals surface area contributed by atoms with Crippen LogP contribution in [0.1, 0.15) is 62.8 Å². The molecular formula is C48H42N2. The summed E-state index contributed by atoms with van der Waals surface area (Å²) in [7, 11) is 0. The van der Waals surface area contributed by atoms with Crippen LogP contribution < -0.4 is 9.80 Å². The third-order valence-corrected chi connectivity index (χ3v) is 11.2. The summed E-state index contributed by atoms with van der Waals surface area (Å²) in [5.41, 5.74) is 17.9. The van der Waals surface area contributed by atoms with Crippen molar-refractivity contribution in [2.75, 3.05) is 9.80 Å². The predicted molar refractivity (Wildman–Crippen MR) is 211 cm³/mol. The van der Waals surface area contributed by atoms with E-state index in [1.165, 1.54) is 67.3 Å². The van der Waals surface area contributed by atoms with Crippen LogP contribution in [0.2, 0.25) is 0 Å². The maximum absolute atomic E-state index is 2.46. The minimum absolute atomic E-state index is 0.173. The van der Waals surface area contributed by atoms with Crippen molar-refractivity contribution in [3.8, 4) is 22.3 Å². The van der Waals surface area contributed by atoms with Crippen molar-refractivity contribution in [1.29, 1.82) is 0 Å². The summed E-state index contributed by atoms with van der Waals surface area (Å²) in [6, 6.07) is 51.3. The monoisotopic (exact) mass is 646 g/mol. The Balaban J connectivity index is 1.16. The molecule has 6 aromatic carbocycles. The molecule has 9 rings (SSSR count). The number of allylic oxidation sites excluding steroid dienone is 3. The van der Waals surface area contributed by atoms with Gasteiger partial charge in [0, 0.05) is 45.0 Å². The summed E-state index contributed by atoms with van der Waals surface area (Å²) >= 11 is 0. The Hall–Kier alpha value is -5.60. The van der Waals surface area contributed by atoms with Crippen molar-refractivity contribution >= 4 is 28.4 Å². The van der Waals surface area contributed by atoms with Gasteiger partial charge in [-0.1, -0.05) is 119 Å². The molecule has 0 heterocycles. The van der Waals surface area contributed by atoms with Gasteiger partial charge in [0.25, 0.3) is 0 Å². The van der Waals surface area contributed by atoms with E-state index in [1.807, 2.05) is 0 Å². The van der Waals surface area contributed by atoms with Crippen LogP contribution in [0.3, 0.4) is 0 Å². The molecule has 0 unspecified atom stereocenters. The van der Waals surface area contributed by atoms with Crippen LogP contribution in [0.5, 0.6) is 0 Å². The normalized spacial score (nSPS) is 15.8. The van der Waals surface area contributed by atoms with Gasteiger partial charge < -0.3 is 9.80 Å². The van der Waals surface area contributed by atoms with E-state index >= 15 is 0 Å². The van der Waals surface area contributed by atoms with Crippen LogP contribution >= 0.6 is 0 Å². The molecule has 0 spiro atoms. The Morgan fingerprint density at radius 3 is 1.28 bits per heavy atom. The highest BCUT2D eigenvalue weighted by Crippen LogP contribution is 2.60. The number of hydrogen-bond donors (Lipinski definition) is 0. The molecule has 0 N–H and O–H groups in total. The second-order valence-corrected chi connectivity index (χ2v) is 14.9. The fraction of sp³-hybridized carbons (Fsp3) is 0.167. The van der Waals surface area contributed by atoms with Gasteiger partial charge in [0.15, 0.2) is 0 Å². The number of para-hydroxylation sites is 3. The van der Waals surface area contributed by atoms with Crippen LogP contribution in [0.4, 0.5) is 28.4 Å². The number of nitrogens with zero attached hydrogens (tertiary/aromatic N) is 2. The zero-order valence-electron chi connectivity index (χ0n) is 29.3. The van der Waals surface area contributed by atoms with E-state index in [1.54, 1.807) is 0 Å². The van der Waals surface area contributed by atoms with Crippen LogP contribution in [0.25, 0.3) is 22.3 Å². The zero-order chi connectivity index (χ0) is 34.0. The molecule has 3 aliphatic carbocycles. The molecule has 0 radical (unpaired) electrons. The summed E-state index contributed by atoms with van der Waals surface area (Å²) in [4.78, 5) is 4.80. The number of benzene rings is 6. The van der Waals surface area contributed by atoms with Gasteiger partial charge in [-0.25, -0.2) is 0 Å². The highest BCUT2D eigenvalue weighted by atomic mass is 15.1. The maximum Gasteiger partial charge on any atom is 0.0465 e. The molecule has 0 aromatic heterocycles. The Kier molecular flexibility index (Phi) is 7.00. The van der Waals surface area contributed by atoms with Gasteiger partial charge in [-0.15, -0.1) is 0 Å². The van der Waals surface area contributed by atoms with Crippen molar-refractivity contribution in [3.63, 3.8) is 0 Å². The first-order chi connectivity index (χ1) is 24.3. The second kappa shape index (κ2) is 11.5. The maximum atomic E-state index is 2.46. The standard InChI is InChI=1S/C48H42N2/c1-47(2)43-31-37(49(33-17-9-5-10-18-33)34-19-11-6-12-20-34)25-27-39(43)41-29-30-42-40-28-26-38(32-44(40)48(3,4)46(42)45(41)47)50(35-21-13-7-14-22-35)36-23-15-8-16-24-36/h5-7,9-15,17-32H,8,16H2,1-4H3. The Morgan fingerprint density at radius 2 is 0.840 bits per heavy atom. The van der Waals surface area contributed by atoms with Crippen molar-refractivity contribution in [3.05, 3.63) is 186 Å². The molecule has 244 valence electrons. The third-order valence-electron chi connectivity index (χ3n) is 11.2. The number of fused-ring (bicyclic) bond motifs is 7. The molecule has 2 nitrogen and oxygen atoms in total. The first-order valence-electron chi connectivity index (χ1n) is 17.9. The lowest BCUT2D eigenvalue weighted by Crippen LogP contribution is -2.24. The van der Waals surface area contributed by atoms with E-state index in [0.717, 1.165) is 24.2 Å². The SMILES string of the molecule is CC1(C)c2cc(N(C3=CCCC=C3)c3ccccc3)ccc2-c2ccc3c(c21)C(C)(C)c1cc(N(c2ccccc2)c2ccccc2)ccc1-3. The summed E-state index contributed by atoms with van der Waals surface area (Å²) < 4.78 is 0. The average molecular weight is 647 g/mol. The number of rotatable bonds is 6. The highest BCUT2D eigenvalue weighted by Gasteiger charge is 2.46. The minimum Gasteiger partial charge on any atom is -0.311 e. The van der Waals surface area contributed by atoms with E-state index < -0.39 is 0 Å². The molecule has 0 aliphatic heterocycles. The predicted octanol–water partition coefficient (Wildman–Crippen LogP) is 13.1. The van der Waals surface area contributed by atoms with Crippen molar-refractivity contribution in [2.24, 2.45) is 0 Å². The van der Waals surface area contributed by atoms with E-state index in [-0.39, 0.29) is 10.8 Å². The fourth-order valence-corrected chi connectivity index (χ4v) is 8.86. The molecule has 0 atom stereocenters. The average Bonchev–Trinajstić information content (AvgIpc) is 3.52. The highest BCUT2D eigenvalue weighted by molar-refractivity contribution is 5.93. The topological polar surface area (TPSA) is 6.48 Å². The molecule has 50 heavy (non-hydrogen) atoms. The molecule has 0 fully saturated rings. The van der Waals surface area contributed by atoms with Crippen LogP contribution in [0, 0.1) is 0 Å². The van der Waals surface area contributed by atoms with Gasteiger partial charge in [0.05, 0.1) is 0 Å². The first kappa shape index (κ1) is 30.5. The number of hydrogen-bond acceptors (Lipinski definition) is 2. The lowest BCUT2D eigenvalue weighted by atomic mass is 9.72. The van der Waals surface area contributed by atoms with E-state index in [0.29, 0.717) is 0 Å². The summed E-state index contributed by atoms with van der Waals surface area (Å²) in [5, 5.41) is 0. The molecule has 3 aliphatic rings. The molecule has 6 aromatic rings. The largest absolute Gasteiger partial charge is 0.311 e. The zero-order valence-corrected chi connectivity index (χ0v) is 29.3. The van der Waals surface area contributed by atoms with Crippen molar-refractivity contribution in [2.45, 2.75) is 51.4 Å². The molecular weight excluding hydrogens is 605 g/mol. The summed E-state index contributed by atoms with van der Waals surface area (Å²) in [5.74, 6) is 0. The fourth-order valence-electron chi connectivity index (χ4n) is 8.86. The van der Waals surface area contributed by atoms with Gasteiger partial charge >= 0.3 is 0 Å². The van der Waals surface area contributed by atoms with E-state index in [4.69, 9.17) is 0 Å². The number of anilines is 5. The Bertz CT molecular complexity index is 2270. The van der Waals surface area contributed by atoms with E-state index in [9.17, 15) is 0 Å². The molecule has 2 heteroatoms. The van der Waals surface area contributed by atoms with Crippen LogP contribution in [-0.4, -0.2) is 0 Å². The summed E-state index contributed by atoms with van der Waals surface area (Å²) in [6.45, 7) is 9.73. The second-order valence-electron chi connectivity index (χ2n) is 14.9. The smallest absolute Gasteiger partial charge is 0.0465 e. The van der Waals surface area contributed by atoms with Crippen molar-refractivity contribution in [1.82, 2.24) is 0 Å².